The average molecular weight is 434 g/mol. The molecule has 0 fully saturated rings. The minimum Gasteiger partial charge on any atom is -0.347 e. The molecule has 31 heavy (non-hydrogen) atoms. The molecule has 4 aromatic rings. The topological polar surface area (TPSA) is 88.8 Å². The molecule has 0 saturated carbocycles. The van der Waals surface area contributed by atoms with Crippen LogP contribution in [0.4, 0.5) is 11.5 Å². The number of anilines is 2. The molecule has 0 bridgehead atoms. The lowest BCUT2D eigenvalue weighted by Gasteiger charge is -2.13. The Morgan fingerprint density at radius 2 is 2.10 bits per heavy atom. The van der Waals surface area contributed by atoms with Crippen molar-refractivity contribution < 1.29 is 4.79 Å². The molecule has 0 saturated heterocycles. The van der Waals surface area contributed by atoms with Crippen LogP contribution in [-0.2, 0) is 24.2 Å². The van der Waals surface area contributed by atoms with Crippen LogP contribution in [0.1, 0.15) is 23.3 Å². The van der Waals surface area contributed by atoms with Crippen LogP contribution < -0.4 is 5.32 Å². The quantitative estimate of drug-likeness (QED) is 0.517. The Hall–Kier alpha value is -3.33. The minimum atomic E-state index is -0.00940. The number of rotatable bonds is 5. The van der Waals surface area contributed by atoms with Gasteiger partial charge in [0.05, 0.1) is 17.3 Å². The second-order valence-electron chi connectivity index (χ2n) is 7.87. The highest BCUT2D eigenvalue weighted by Crippen LogP contribution is 2.40. The van der Waals surface area contributed by atoms with Crippen LogP contribution in [0.5, 0.6) is 0 Å². The number of likely N-dealkylation sites (N-methyl/N-ethyl adjacent to an activating group) is 1. The van der Waals surface area contributed by atoms with Gasteiger partial charge >= 0.3 is 0 Å². The van der Waals surface area contributed by atoms with E-state index in [1.54, 1.807) is 53.6 Å². The summed E-state index contributed by atoms with van der Waals surface area (Å²) in [6.45, 7) is 0.197. The number of nitrogens with zero attached hydrogens (tertiary/aromatic N) is 6. The van der Waals surface area contributed by atoms with Gasteiger partial charge in [0.25, 0.3) is 0 Å². The van der Waals surface area contributed by atoms with Crippen LogP contribution >= 0.6 is 11.3 Å². The molecule has 4 aromatic heterocycles. The number of hydrogen-bond donors (Lipinski definition) is 1. The third kappa shape index (κ3) is 3.88. The highest BCUT2D eigenvalue weighted by molar-refractivity contribution is 7.19. The molecule has 5 rings (SSSR count). The first kappa shape index (κ1) is 19.6. The molecule has 1 N–H and O–H groups in total. The smallest absolute Gasteiger partial charge is 0.243 e. The zero-order valence-corrected chi connectivity index (χ0v) is 18.3. The molecule has 0 aliphatic heterocycles. The van der Waals surface area contributed by atoms with Crippen molar-refractivity contribution in [2.24, 2.45) is 0 Å². The maximum absolute atomic E-state index is 12.0. The van der Waals surface area contributed by atoms with Gasteiger partial charge in [-0.3, -0.25) is 14.5 Å². The molecule has 0 atom stereocenters. The monoisotopic (exact) mass is 433 g/mol. The lowest BCUT2D eigenvalue weighted by Crippen LogP contribution is -2.26. The van der Waals surface area contributed by atoms with Crippen molar-refractivity contribution in [2.45, 2.75) is 32.2 Å². The maximum atomic E-state index is 12.0. The first-order valence-electron chi connectivity index (χ1n) is 10.3. The molecule has 8 nitrogen and oxygen atoms in total. The number of hydrogen-bond acceptors (Lipinski definition) is 7. The highest BCUT2D eigenvalue weighted by atomic mass is 32.1. The lowest BCUT2D eigenvalue weighted by atomic mass is 9.97. The summed E-state index contributed by atoms with van der Waals surface area (Å²) >= 11 is 1.77. The van der Waals surface area contributed by atoms with E-state index in [1.165, 1.54) is 23.3 Å². The Morgan fingerprint density at radius 1 is 1.23 bits per heavy atom. The summed E-state index contributed by atoms with van der Waals surface area (Å²) in [5.41, 5.74) is 3.03. The highest BCUT2D eigenvalue weighted by Gasteiger charge is 2.22. The Balaban J connectivity index is 1.56. The minimum absolute atomic E-state index is 0.00940. The van der Waals surface area contributed by atoms with Gasteiger partial charge in [-0.15, -0.1) is 11.3 Å². The second kappa shape index (κ2) is 8.07. The maximum Gasteiger partial charge on any atom is 0.243 e. The predicted octanol–water partition coefficient (Wildman–Crippen LogP) is 3.66. The Bertz CT molecular complexity index is 1250. The zero-order valence-electron chi connectivity index (χ0n) is 17.5. The number of aryl methyl sites for hydroxylation is 2. The normalized spacial score (nSPS) is 13.2. The number of fused-ring (bicyclic) bond motifs is 3. The molecule has 158 valence electrons. The van der Waals surface area contributed by atoms with Crippen molar-refractivity contribution in [3.63, 3.8) is 0 Å². The predicted molar refractivity (Wildman–Crippen MR) is 121 cm³/mol. The molecule has 9 heteroatoms. The largest absolute Gasteiger partial charge is 0.347 e. The Morgan fingerprint density at radius 3 is 2.90 bits per heavy atom. The van der Waals surface area contributed by atoms with E-state index in [-0.39, 0.29) is 12.5 Å². The van der Waals surface area contributed by atoms with Crippen LogP contribution in [0.25, 0.3) is 21.6 Å². The van der Waals surface area contributed by atoms with Crippen molar-refractivity contribution in [2.75, 3.05) is 19.4 Å². The van der Waals surface area contributed by atoms with Crippen LogP contribution in [0.2, 0.25) is 0 Å². The number of amides is 1. The van der Waals surface area contributed by atoms with Crippen molar-refractivity contribution >= 4 is 39.0 Å². The van der Waals surface area contributed by atoms with Crippen LogP contribution in [0.15, 0.2) is 36.9 Å². The summed E-state index contributed by atoms with van der Waals surface area (Å²) in [5.74, 6) is 1.42. The van der Waals surface area contributed by atoms with E-state index in [0.29, 0.717) is 5.82 Å². The van der Waals surface area contributed by atoms with Gasteiger partial charge in [0.1, 0.15) is 17.2 Å². The third-order valence-corrected chi connectivity index (χ3v) is 6.61. The number of aromatic nitrogens is 5. The van der Waals surface area contributed by atoms with E-state index in [0.717, 1.165) is 40.1 Å². The fraction of sp³-hybridized carbons (Fsp3) is 0.318. The van der Waals surface area contributed by atoms with Crippen LogP contribution in [0, 0.1) is 0 Å². The number of carbonyl (C=O) groups excluding carboxylic acids is 1. The molecule has 1 amide bonds. The molecule has 0 aromatic carbocycles. The van der Waals surface area contributed by atoms with Gasteiger partial charge in [0.15, 0.2) is 5.82 Å². The van der Waals surface area contributed by atoms with Crippen LogP contribution in [0.3, 0.4) is 0 Å². The number of carbonyl (C=O) groups is 1. The third-order valence-electron chi connectivity index (χ3n) is 5.43. The van der Waals surface area contributed by atoms with Gasteiger partial charge in [-0.05, 0) is 43.4 Å². The first-order valence-corrected chi connectivity index (χ1v) is 11.1. The Labute approximate surface area is 184 Å². The molecule has 1 aliphatic carbocycles. The van der Waals surface area contributed by atoms with Gasteiger partial charge in [0.2, 0.25) is 5.91 Å². The molecule has 0 spiro atoms. The van der Waals surface area contributed by atoms with Crippen LogP contribution in [-0.4, -0.2) is 49.6 Å². The fourth-order valence-corrected chi connectivity index (χ4v) is 5.06. The summed E-state index contributed by atoms with van der Waals surface area (Å²) in [6.07, 6.45) is 11.6. The van der Waals surface area contributed by atoms with E-state index >= 15 is 0 Å². The molecule has 0 radical (unpaired) electrons. The van der Waals surface area contributed by atoms with Gasteiger partial charge in [-0.25, -0.2) is 9.97 Å². The molecule has 0 unspecified atom stereocenters. The first-order chi connectivity index (χ1) is 15.1. The van der Waals surface area contributed by atoms with Crippen molar-refractivity contribution in [1.82, 2.24) is 29.6 Å². The molecule has 1 aliphatic rings. The van der Waals surface area contributed by atoms with Crippen molar-refractivity contribution in [3.8, 4) is 11.4 Å². The molecule has 4 heterocycles. The standard InChI is InChI=1S/C22H23N7OS/c1-28(2)18(30)13-29-12-15(11-24-29)25-21-19-16-7-3-4-8-17(16)31-22(19)27-20(26-21)14-6-5-9-23-10-14/h5-6,9-12H,3-4,7-8,13H2,1-2H3,(H,25,26,27). The van der Waals surface area contributed by atoms with E-state index in [9.17, 15) is 4.79 Å². The van der Waals surface area contributed by atoms with E-state index in [4.69, 9.17) is 9.97 Å². The summed E-state index contributed by atoms with van der Waals surface area (Å²) in [6, 6.07) is 3.86. The number of thiophene rings is 1. The van der Waals surface area contributed by atoms with Crippen molar-refractivity contribution in [3.05, 3.63) is 47.4 Å². The summed E-state index contributed by atoms with van der Waals surface area (Å²) in [5, 5.41) is 8.87. The van der Waals surface area contributed by atoms with E-state index < -0.39 is 0 Å². The summed E-state index contributed by atoms with van der Waals surface area (Å²) in [7, 11) is 3.48. The SMILES string of the molecule is CN(C)C(=O)Cn1cc(Nc2nc(-c3cccnc3)nc3sc4c(c23)CCCC4)cn1. The van der Waals surface area contributed by atoms with Gasteiger partial charge in [0, 0.05) is 43.1 Å². The van der Waals surface area contributed by atoms with Gasteiger partial charge < -0.3 is 10.2 Å². The second-order valence-corrected chi connectivity index (χ2v) is 8.95. The average Bonchev–Trinajstić information content (AvgIpc) is 3.38. The van der Waals surface area contributed by atoms with Gasteiger partial charge in [-0.1, -0.05) is 0 Å². The number of pyridine rings is 1. The van der Waals surface area contributed by atoms with Gasteiger partial charge in [-0.2, -0.15) is 5.10 Å². The Kier molecular flexibility index (Phi) is 5.11. The molecular formula is C22H23N7OS. The summed E-state index contributed by atoms with van der Waals surface area (Å²) in [4.78, 5) is 29.9. The number of nitrogens with one attached hydrogen (secondary N) is 1. The van der Waals surface area contributed by atoms with E-state index in [2.05, 4.69) is 15.4 Å². The lowest BCUT2D eigenvalue weighted by molar-refractivity contribution is -0.129. The molecular weight excluding hydrogens is 410 g/mol. The van der Waals surface area contributed by atoms with E-state index in [1.807, 2.05) is 18.3 Å². The fourth-order valence-electron chi connectivity index (χ4n) is 3.80. The van der Waals surface area contributed by atoms with Crippen molar-refractivity contribution in [1.29, 1.82) is 0 Å². The zero-order chi connectivity index (χ0) is 21.4. The summed E-state index contributed by atoms with van der Waals surface area (Å²) < 4.78 is 1.63.